The number of allylic oxidation sites excluding steroid dienone is 1. The predicted molar refractivity (Wildman–Crippen MR) is 110 cm³/mol. The van der Waals surface area contributed by atoms with Crippen molar-refractivity contribution in [2.75, 3.05) is 18.0 Å². The Kier molecular flexibility index (Phi) is 3.27. The van der Waals surface area contributed by atoms with Gasteiger partial charge in [-0.1, -0.05) is 23.5 Å². The standard InChI is InChI=1S/C23H23N2S/c1-2-8-21-20(7-1)25-12-9-19(23(25)26-21)15-16-13-17-5-3-10-24-11-4-6-18(14-16)22(17)24/h1-2,7-8,13-15H,3-6,9-12H2/q+1. The van der Waals surface area contributed by atoms with Crippen LogP contribution in [0.3, 0.4) is 0 Å². The average Bonchev–Trinajstić information content (AvgIpc) is 3.22. The molecular weight excluding hydrogens is 336 g/mol. The van der Waals surface area contributed by atoms with Gasteiger partial charge in [0.1, 0.15) is 4.70 Å². The summed E-state index contributed by atoms with van der Waals surface area (Å²) in [6, 6.07) is 13.8. The number of para-hydroxylation sites is 1. The molecule has 4 heterocycles. The largest absolute Gasteiger partial charge is 0.371 e. The Morgan fingerprint density at radius 1 is 0.962 bits per heavy atom. The number of hydrogen-bond donors (Lipinski definition) is 0. The molecule has 0 spiro atoms. The Morgan fingerprint density at radius 3 is 2.54 bits per heavy atom. The lowest BCUT2D eigenvalue weighted by atomic mass is 9.89. The van der Waals surface area contributed by atoms with Crippen molar-refractivity contribution in [2.45, 2.75) is 38.6 Å². The number of hydrogen-bond acceptors (Lipinski definition) is 2. The van der Waals surface area contributed by atoms with Crippen molar-refractivity contribution in [3.63, 3.8) is 0 Å². The first-order valence-corrected chi connectivity index (χ1v) is 10.7. The van der Waals surface area contributed by atoms with Crippen LogP contribution in [0, 0.1) is 0 Å². The maximum Gasteiger partial charge on any atom is 0.266 e. The quantitative estimate of drug-likeness (QED) is 0.564. The molecule has 0 unspecified atom stereocenters. The topological polar surface area (TPSA) is 7.12 Å². The Labute approximate surface area is 158 Å². The van der Waals surface area contributed by atoms with Gasteiger partial charge in [-0.25, -0.2) is 0 Å². The third-order valence-corrected chi connectivity index (χ3v) is 7.42. The van der Waals surface area contributed by atoms with E-state index in [9.17, 15) is 0 Å². The van der Waals surface area contributed by atoms with Crippen molar-refractivity contribution < 1.29 is 4.57 Å². The van der Waals surface area contributed by atoms with Gasteiger partial charge >= 0.3 is 0 Å². The fourth-order valence-electron chi connectivity index (χ4n) is 5.08. The van der Waals surface area contributed by atoms with E-state index in [1.165, 1.54) is 65.1 Å². The molecule has 3 aromatic rings. The highest BCUT2D eigenvalue weighted by Crippen LogP contribution is 2.38. The summed E-state index contributed by atoms with van der Waals surface area (Å²) in [4.78, 5) is 2.63. The van der Waals surface area contributed by atoms with Crippen molar-refractivity contribution in [3.05, 3.63) is 58.1 Å². The summed E-state index contributed by atoms with van der Waals surface area (Å²) in [7, 11) is 0. The van der Waals surface area contributed by atoms with Gasteiger partial charge in [-0.3, -0.25) is 0 Å². The molecule has 1 aromatic heterocycles. The van der Waals surface area contributed by atoms with Crippen LogP contribution in [-0.2, 0) is 19.4 Å². The van der Waals surface area contributed by atoms with Crippen molar-refractivity contribution >= 4 is 38.9 Å². The van der Waals surface area contributed by atoms with Gasteiger partial charge < -0.3 is 4.90 Å². The number of aromatic nitrogens is 1. The van der Waals surface area contributed by atoms with Crippen LogP contribution in [0.5, 0.6) is 0 Å². The molecule has 0 aliphatic carbocycles. The first-order valence-electron chi connectivity index (χ1n) is 9.90. The van der Waals surface area contributed by atoms with Gasteiger partial charge in [0.2, 0.25) is 5.52 Å². The lowest BCUT2D eigenvalue weighted by molar-refractivity contribution is -0.659. The smallest absolute Gasteiger partial charge is 0.266 e. The van der Waals surface area contributed by atoms with E-state index in [0.29, 0.717) is 0 Å². The lowest BCUT2D eigenvalue weighted by Crippen LogP contribution is -2.34. The number of anilines is 1. The zero-order valence-electron chi connectivity index (χ0n) is 15.0. The third-order valence-electron chi connectivity index (χ3n) is 6.18. The van der Waals surface area contributed by atoms with E-state index in [1.54, 1.807) is 16.8 Å². The second-order valence-electron chi connectivity index (χ2n) is 7.83. The van der Waals surface area contributed by atoms with Crippen molar-refractivity contribution in [2.24, 2.45) is 0 Å². The normalized spacial score (nSPS) is 19.8. The van der Waals surface area contributed by atoms with E-state index < -0.39 is 0 Å². The molecular formula is C23H23N2S+. The van der Waals surface area contributed by atoms with Crippen LogP contribution >= 0.6 is 11.3 Å². The highest BCUT2D eigenvalue weighted by atomic mass is 32.1. The summed E-state index contributed by atoms with van der Waals surface area (Å²) in [6.07, 6.45) is 8.75. The van der Waals surface area contributed by atoms with Crippen molar-refractivity contribution in [1.29, 1.82) is 0 Å². The minimum absolute atomic E-state index is 1.12. The number of thiazole rings is 1. The average molecular weight is 360 g/mol. The third kappa shape index (κ3) is 2.20. The maximum absolute atomic E-state index is 2.63. The molecule has 0 saturated heterocycles. The second-order valence-corrected chi connectivity index (χ2v) is 8.86. The van der Waals surface area contributed by atoms with E-state index >= 15 is 0 Å². The minimum atomic E-state index is 1.12. The molecule has 6 rings (SSSR count). The molecule has 2 nitrogen and oxygen atoms in total. The van der Waals surface area contributed by atoms with Crippen LogP contribution in [0.15, 0.2) is 36.4 Å². The van der Waals surface area contributed by atoms with Crippen LogP contribution in [0.25, 0.3) is 21.9 Å². The number of benzene rings is 2. The highest BCUT2D eigenvalue weighted by molar-refractivity contribution is 7.19. The van der Waals surface area contributed by atoms with E-state index in [4.69, 9.17) is 0 Å². The maximum atomic E-state index is 2.63. The summed E-state index contributed by atoms with van der Waals surface area (Å²) < 4.78 is 3.92. The first-order chi connectivity index (χ1) is 12.9. The van der Waals surface area contributed by atoms with Crippen LogP contribution in [-0.4, -0.2) is 13.1 Å². The number of fused-ring (bicyclic) bond motifs is 3. The van der Waals surface area contributed by atoms with E-state index in [2.05, 4.69) is 51.9 Å². The van der Waals surface area contributed by atoms with Gasteiger partial charge in [-0.15, -0.1) is 0 Å². The van der Waals surface area contributed by atoms with E-state index in [-0.39, 0.29) is 0 Å². The summed E-state index contributed by atoms with van der Waals surface area (Å²) in [5.74, 6) is 0. The Morgan fingerprint density at radius 2 is 1.73 bits per heavy atom. The fraction of sp³-hybridized carbons (Fsp3) is 0.348. The molecule has 0 radical (unpaired) electrons. The van der Waals surface area contributed by atoms with Crippen LogP contribution in [0.2, 0.25) is 0 Å². The monoisotopic (exact) mass is 359 g/mol. The molecule has 3 aliphatic heterocycles. The molecule has 0 fully saturated rings. The molecule has 0 bridgehead atoms. The zero-order valence-corrected chi connectivity index (χ0v) is 15.8. The molecule has 2 aromatic carbocycles. The summed E-state index contributed by atoms with van der Waals surface area (Å²) in [5, 5.41) is 1.46. The molecule has 0 saturated carbocycles. The summed E-state index contributed by atoms with van der Waals surface area (Å²) >= 11 is 1.95. The number of rotatable bonds is 1. The van der Waals surface area contributed by atoms with Gasteiger partial charge in [0.25, 0.3) is 5.01 Å². The van der Waals surface area contributed by atoms with Crippen LogP contribution in [0.4, 0.5) is 5.69 Å². The molecule has 130 valence electrons. The molecule has 26 heavy (non-hydrogen) atoms. The predicted octanol–water partition coefficient (Wildman–Crippen LogP) is 4.83. The van der Waals surface area contributed by atoms with Crippen LogP contribution < -0.4 is 9.47 Å². The van der Waals surface area contributed by atoms with Gasteiger partial charge in [0, 0.05) is 36.8 Å². The number of aryl methyl sites for hydroxylation is 3. The van der Waals surface area contributed by atoms with E-state index in [0.717, 1.165) is 13.0 Å². The molecule has 0 atom stereocenters. The Balaban J connectivity index is 1.46. The molecule has 0 N–H and O–H groups in total. The highest BCUT2D eigenvalue weighted by Gasteiger charge is 2.30. The van der Waals surface area contributed by atoms with Gasteiger partial charge in [0.15, 0.2) is 6.54 Å². The molecule has 3 heteroatoms. The van der Waals surface area contributed by atoms with Gasteiger partial charge in [0.05, 0.1) is 0 Å². The van der Waals surface area contributed by atoms with E-state index in [1.807, 2.05) is 11.3 Å². The van der Waals surface area contributed by atoms with Crippen molar-refractivity contribution in [3.8, 4) is 0 Å². The second kappa shape index (κ2) is 5.68. The molecule has 0 amide bonds. The van der Waals surface area contributed by atoms with Crippen LogP contribution in [0.1, 0.15) is 41.0 Å². The molecule has 3 aliphatic rings. The zero-order chi connectivity index (χ0) is 17.1. The number of nitrogens with zero attached hydrogens (tertiary/aromatic N) is 2. The Hall–Kier alpha value is -2.13. The summed E-state index contributed by atoms with van der Waals surface area (Å²) in [5.41, 5.74) is 9.08. The fourth-order valence-corrected chi connectivity index (χ4v) is 6.31. The Bertz CT molecular complexity index is 1030. The van der Waals surface area contributed by atoms with Crippen molar-refractivity contribution in [1.82, 2.24) is 0 Å². The first kappa shape index (κ1) is 15.0. The minimum Gasteiger partial charge on any atom is -0.371 e. The van der Waals surface area contributed by atoms with Gasteiger partial charge in [-0.05, 0) is 66.6 Å². The SMILES string of the molecule is C(=C1/CC[n+]2c1sc1ccccc12)/c1cc2c3c(c1)CCCN3CCC2. The summed E-state index contributed by atoms with van der Waals surface area (Å²) in [6.45, 7) is 3.63. The van der Waals surface area contributed by atoms with Gasteiger partial charge in [-0.2, -0.15) is 4.57 Å². The lowest BCUT2D eigenvalue weighted by Gasteiger charge is -2.37.